The van der Waals surface area contributed by atoms with Crippen LogP contribution in [0.3, 0.4) is 0 Å². The van der Waals surface area contributed by atoms with Crippen molar-refractivity contribution in [3.8, 4) is 12.1 Å². The largest absolute Gasteiger partial charge is 0.351 e. The third kappa shape index (κ3) is 6.92. The standard InChI is InChI=1S/C34H29F3N6O3/c1-21-4-2-3-5-28(21)32(33(46)41-25-8-11-34(36,37)12-9-25)43(27-15-23(20-39)14-24(35)17-27)31(45)18-26-6-7-30(44)42(26)29-16-22(19-38)10-13-40-29/h2-5,10,13-18,25,32H,6-9,11-12H2,1H3,(H,41,46)/b26-18-. The smallest absolute Gasteiger partial charge is 0.253 e. The van der Waals surface area contributed by atoms with Crippen molar-refractivity contribution in [3.05, 3.63) is 101 Å². The number of rotatable bonds is 7. The summed E-state index contributed by atoms with van der Waals surface area (Å²) in [5, 5.41) is 21.8. The first-order valence-corrected chi connectivity index (χ1v) is 14.7. The van der Waals surface area contributed by atoms with E-state index >= 15 is 0 Å². The number of alkyl halides is 2. The van der Waals surface area contributed by atoms with Crippen LogP contribution >= 0.6 is 0 Å². The van der Waals surface area contributed by atoms with Crippen molar-refractivity contribution >= 4 is 29.2 Å². The number of carbonyl (C=O) groups excluding carboxylic acids is 3. The lowest BCUT2D eigenvalue weighted by molar-refractivity contribution is -0.126. The van der Waals surface area contributed by atoms with Crippen LogP contribution in [-0.2, 0) is 14.4 Å². The Hall–Kier alpha value is -5.49. The molecule has 1 aromatic heterocycles. The molecule has 1 N–H and O–H groups in total. The fraction of sp³-hybridized carbons (Fsp3) is 0.294. The number of aromatic nitrogens is 1. The van der Waals surface area contributed by atoms with Gasteiger partial charge in [-0.15, -0.1) is 0 Å². The van der Waals surface area contributed by atoms with Crippen LogP contribution in [0.1, 0.15) is 66.8 Å². The van der Waals surface area contributed by atoms with E-state index in [2.05, 4.69) is 10.3 Å². The Bertz CT molecular complexity index is 1800. The van der Waals surface area contributed by atoms with E-state index < -0.39 is 48.5 Å². The summed E-state index contributed by atoms with van der Waals surface area (Å²) in [6.45, 7) is 1.73. The van der Waals surface area contributed by atoms with Crippen molar-refractivity contribution in [2.24, 2.45) is 0 Å². The predicted octanol–water partition coefficient (Wildman–Crippen LogP) is 5.75. The molecule has 0 radical (unpaired) electrons. The van der Waals surface area contributed by atoms with E-state index in [1.807, 2.05) is 12.1 Å². The molecular formula is C34H29F3N6O3. The lowest BCUT2D eigenvalue weighted by Crippen LogP contribution is -2.48. The molecule has 12 heteroatoms. The van der Waals surface area contributed by atoms with Crippen LogP contribution in [0.5, 0.6) is 0 Å². The minimum atomic E-state index is -2.83. The Balaban J connectivity index is 1.62. The predicted molar refractivity (Wildman–Crippen MR) is 162 cm³/mol. The van der Waals surface area contributed by atoms with Crippen LogP contribution in [0.2, 0.25) is 0 Å². The summed E-state index contributed by atoms with van der Waals surface area (Å²) >= 11 is 0. The molecule has 0 spiro atoms. The van der Waals surface area contributed by atoms with Crippen LogP contribution in [0.4, 0.5) is 24.7 Å². The van der Waals surface area contributed by atoms with Crippen LogP contribution in [-0.4, -0.2) is 34.7 Å². The number of hydrogen-bond acceptors (Lipinski definition) is 6. The minimum Gasteiger partial charge on any atom is -0.351 e. The van der Waals surface area contributed by atoms with Crippen molar-refractivity contribution in [1.82, 2.24) is 10.3 Å². The second-order valence-electron chi connectivity index (χ2n) is 11.3. The van der Waals surface area contributed by atoms with E-state index in [9.17, 15) is 38.1 Å². The summed E-state index contributed by atoms with van der Waals surface area (Å²) in [6, 6.07) is 14.8. The van der Waals surface area contributed by atoms with Gasteiger partial charge in [0.15, 0.2) is 0 Å². The zero-order valence-electron chi connectivity index (χ0n) is 24.8. The van der Waals surface area contributed by atoms with Crippen molar-refractivity contribution < 1.29 is 27.6 Å². The van der Waals surface area contributed by atoms with Crippen molar-refractivity contribution in [2.45, 2.75) is 63.5 Å². The van der Waals surface area contributed by atoms with E-state index in [0.717, 1.165) is 23.1 Å². The molecule has 234 valence electrons. The maximum absolute atomic E-state index is 14.9. The molecule has 0 bridgehead atoms. The van der Waals surface area contributed by atoms with Gasteiger partial charge in [0.05, 0.1) is 23.3 Å². The van der Waals surface area contributed by atoms with Gasteiger partial charge in [0.25, 0.3) is 5.91 Å². The highest BCUT2D eigenvalue weighted by molar-refractivity contribution is 6.09. The van der Waals surface area contributed by atoms with Gasteiger partial charge < -0.3 is 5.32 Å². The molecule has 2 aromatic carbocycles. The molecule has 2 aliphatic rings. The highest BCUT2D eigenvalue weighted by Gasteiger charge is 2.39. The lowest BCUT2D eigenvalue weighted by atomic mass is 9.91. The number of allylic oxidation sites excluding steroid dienone is 1. The fourth-order valence-corrected chi connectivity index (χ4v) is 5.79. The van der Waals surface area contributed by atoms with Crippen molar-refractivity contribution in [1.29, 1.82) is 10.5 Å². The number of halogens is 3. The summed E-state index contributed by atoms with van der Waals surface area (Å²) in [5.41, 5.74) is 1.29. The van der Waals surface area contributed by atoms with E-state index in [1.54, 1.807) is 31.2 Å². The number of pyridine rings is 1. The van der Waals surface area contributed by atoms with Crippen molar-refractivity contribution in [3.63, 3.8) is 0 Å². The highest BCUT2D eigenvalue weighted by Crippen LogP contribution is 2.36. The number of nitrogens with zero attached hydrogens (tertiary/aromatic N) is 5. The molecule has 2 heterocycles. The van der Waals surface area contributed by atoms with E-state index in [1.165, 1.54) is 29.3 Å². The summed E-state index contributed by atoms with van der Waals surface area (Å²) in [7, 11) is 0. The first-order valence-electron chi connectivity index (χ1n) is 14.7. The van der Waals surface area contributed by atoms with E-state index in [-0.39, 0.29) is 59.9 Å². The molecule has 1 atom stereocenters. The monoisotopic (exact) mass is 626 g/mol. The maximum atomic E-state index is 14.9. The molecule has 1 aliphatic carbocycles. The molecular weight excluding hydrogens is 597 g/mol. The fourth-order valence-electron chi connectivity index (χ4n) is 5.79. The average molecular weight is 627 g/mol. The highest BCUT2D eigenvalue weighted by atomic mass is 19.3. The van der Waals surface area contributed by atoms with Gasteiger partial charge in [-0.3, -0.25) is 24.2 Å². The molecule has 1 unspecified atom stereocenters. The quantitative estimate of drug-likeness (QED) is 0.333. The van der Waals surface area contributed by atoms with Crippen LogP contribution in [0.15, 0.2) is 72.6 Å². The third-order valence-electron chi connectivity index (χ3n) is 8.11. The number of carbonyl (C=O) groups is 3. The SMILES string of the molecule is Cc1ccccc1C(C(=O)NC1CCC(F)(F)CC1)N(C(=O)/C=C1/CCC(=O)N1c1cc(C#N)ccn1)c1cc(F)cc(C#N)c1. The summed E-state index contributed by atoms with van der Waals surface area (Å²) in [5.74, 6) is -5.37. The molecule has 1 saturated heterocycles. The van der Waals surface area contributed by atoms with Gasteiger partial charge in [0.1, 0.15) is 17.7 Å². The normalized spacial score (nSPS) is 17.7. The number of aryl methyl sites for hydroxylation is 1. The van der Waals surface area contributed by atoms with E-state index in [0.29, 0.717) is 11.1 Å². The van der Waals surface area contributed by atoms with Gasteiger partial charge in [-0.2, -0.15) is 10.5 Å². The zero-order chi connectivity index (χ0) is 33.0. The van der Waals surface area contributed by atoms with Crippen LogP contribution < -0.4 is 15.1 Å². The van der Waals surface area contributed by atoms with Gasteiger partial charge >= 0.3 is 0 Å². The Morgan fingerprint density at radius 3 is 2.48 bits per heavy atom. The molecule has 5 rings (SSSR count). The van der Waals surface area contributed by atoms with Gasteiger partial charge in [0, 0.05) is 49.0 Å². The van der Waals surface area contributed by atoms with E-state index in [4.69, 9.17) is 0 Å². The average Bonchev–Trinajstić information content (AvgIpc) is 3.40. The topological polar surface area (TPSA) is 130 Å². The van der Waals surface area contributed by atoms with Crippen molar-refractivity contribution in [2.75, 3.05) is 9.80 Å². The maximum Gasteiger partial charge on any atom is 0.253 e. The number of hydrogen-bond donors (Lipinski definition) is 1. The van der Waals surface area contributed by atoms with Crippen LogP contribution in [0.25, 0.3) is 0 Å². The Morgan fingerprint density at radius 2 is 1.78 bits per heavy atom. The number of anilines is 2. The number of nitriles is 2. The Kier molecular flexibility index (Phi) is 9.19. The molecule has 46 heavy (non-hydrogen) atoms. The van der Waals surface area contributed by atoms with Gasteiger partial charge in [-0.25, -0.2) is 18.2 Å². The Morgan fingerprint density at radius 1 is 1.07 bits per heavy atom. The molecule has 3 amide bonds. The molecule has 1 saturated carbocycles. The Labute approximate surface area is 263 Å². The minimum absolute atomic E-state index is 0.0294. The number of benzene rings is 2. The molecule has 1 aliphatic heterocycles. The second kappa shape index (κ2) is 13.2. The van der Waals surface area contributed by atoms with Gasteiger partial charge in [-0.05, 0) is 67.6 Å². The lowest BCUT2D eigenvalue weighted by Gasteiger charge is -2.35. The molecule has 9 nitrogen and oxygen atoms in total. The molecule has 3 aromatic rings. The van der Waals surface area contributed by atoms with Crippen LogP contribution in [0, 0.1) is 35.4 Å². The summed E-state index contributed by atoms with van der Waals surface area (Å²) < 4.78 is 42.7. The summed E-state index contributed by atoms with van der Waals surface area (Å²) in [6.07, 6.45) is 1.96. The molecule has 2 fully saturated rings. The zero-order valence-corrected chi connectivity index (χ0v) is 24.8. The number of nitrogens with one attached hydrogen (secondary N) is 1. The number of amides is 3. The summed E-state index contributed by atoms with van der Waals surface area (Å²) in [4.78, 5) is 47.9. The first-order chi connectivity index (χ1) is 22.0. The first kappa shape index (κ1) is 31.9. The van der Waals surface area contributed by atoms with Gasteiger partial charge in [-0.1, -0.05) is 24.3 Å². The third-order valence-corrected chi connectivity index (χ3v) is 8.11. The van der Waals surface area contributed by atoms with Gasteiger partial charge in [0.2, 0.25) is 17.7 Å². The second-order valence-corrected chi connectivity index (χ2v) is 11.3.